The summed E-state index contributed by atoms with van der Waals surface area (Å²) in [7, 11) is -1.95. The summed E-state index contributed by atoms with van der Waals surface area (Å²) in [6, 6.07) is 20.0. The van der Waals surface area contributed by atoms with Crippen molar-refractivity contribution in [3.05, 3.63) is 90.1 Å². The summed E-state index contributed by atoms with van der Waals surface area (Å²) in [6.07, 6.45) is 1.99. The van der Waals surface area contributed by atoms with Gasteiger partial charge in [0, 0.05) is 30.1 Å². The van der Waals surface area contributed by atoms with Gasteiger partial charge in [-0.3, -0.25) is 9.63 Å². The molecule has 2 amide bonds. The molecule has 3 aromatic carbocycles. The first-order valence-corrected chi connectivity index (χ1v) is 16.9. The van der Waals surface area contributed by atoms with E-state index < -0.39 is 33.2 Å². The van der Waals surface area contributed by atoms with E-state index in [-0.39, 0.29) is 23.2 Å². The maximum atomic E-state index is 13.8. The zero-order chi connectivity index (χ0) is 34.6. The molecule has 0 bridgehead atoms. The number of pyridine rings is 1. The summed E-state index contributed by atoms with van der Waals surface area (Å²) in [6.45, 7) is 10.8. The third-order valence-electron chi connectivity index (χ3n) is 6.69. The summed E-state index contributed by atoms with van der Waals surface area (Å²) in [5.74, 6) is 0.441. The van der Waals surface area contributed by atoms with Gasteiger partial charge in [0.2, 0.25) is 5.91 Å². The first kappa shape index (κ1) is 35.2. The summed E-state index contributed by atoms with van der Waals surface area (Å²) in [5, 5.41) is 8.62. The van der Waals surface area contributed by atoms with E-state index in [0.717, 1.165) is 16.7 Å². The number of hydrogen-bond acceptors (Lipinski definition) is 9. The number of benzene rings is 3. The van der Waals surface area contributed by atoms with Gasteiger partial charge in [0.15, 0.2) is 15.7 Å². The molecule has 0 spiro atoms. The highest BCUT2D eigenvalue weighted by molar-refractivity contribution is 7.90. The maximum absolute atomic E-state index is 13.8. The minimum atomic E-state index is -3.50. The highest BCUT2D eigenvalue weighted by Gasteiger charge is 2.31. The molecule has 47 heavy (non-hydrogen) atoms. The molecule has 2 N–H and O–H groups in total. The van der Waals surface area contributed by atoms with Crippen LogP contribution in [-0.4, -0.2) is 50.0 Å². The molecule has 0 aliphatic heterocycles. The molecule has 0 saturated carbocycles. The standard InChI is InChI=1S/C35H42N4O7S/c1-34(2,3)45-33(41)39(46-35(4,5)6)31-28-17-16-26(20-23(28)18-19-36-31)38-30(24-13-11-14-27(21-24)44-7)32(40)37-22-25-12-9-10-15-29(25)47(8,42)43/h9-21,30,38H,22H2,1-8H3,(H,37,40). The lowest BCUT2D eigenvalue weighted by Crippen LogP contribution is -2.42. The largest absolute Gasteiger partial charge is 0.497 e. The van der Waals surface area contributed by atoms with Crippen molar-refractivity contribution in [2.75, 3.05) is 23.7 Å². The molecule has 0 fully saturated rings. The van der Waals surface area contributed by atoms with E-state index in [0.29, 0.717) is 28.0 Å². The lowest BCUT2D eigenvalue weighted by Gasteiger charge is -2.31. The van der Waals surface area contributed by atoms with E-state index in [1.54, 1.807) is 94.7 Å². The number of amides is 2. The minimum Gasteiger partial charge on any atom is -0.497 e. The first-order valence-electron chi connectivity index (χ1n) is 15.0. The van der Waals surface area contributed by atoms with Crippen LogP contribution in [0.5, 0.6) is 5.75 Å². The lowest BCUT2D eigenvalue weighted by molar-refractivity contribution is -0.122. The number of nitrogens with one attached hydrogen (secondary N) is 2. The second kappa shape index (κ2) is 14.0. The third kappa shape index (κ3) is 9.43. The Labute approximate surface area is 276 Å². The van der Waals surface area contributed by atoms with Crippen LogP contribution < -0.4 is 20.4 Å². The number of nitrogens with zero attached hydrogens (tertiary/aromatic N) is 2. The number of rotatable bonds is 10. The molecule has 1 heterocycles. The molecule has 1 unspecified atom stereocenters. The van der Waals surface area contributed by atoms with E-state index >= 15 is 0 Å². The predicted molar refractivity (Wildman–Crippen MR) is 182 cm³/mol. The zero-order valence-electron chi connectivity index (χ0n) is 28.0. The number of sulfone groups is 1. The fourth-order valence-electron chi connectivity index (χ4n) is 4.74. The van der Waals surface area contributed by atoms with Crippen LogP contribution in [0.3, 0.4) is 0 Å². The van der Waals surface area contributed by atoms with Crippen LogP contribution in [0.4, 0.5) is 16.3 Å². The van der Waals surface area contributed by atoms with E-state index in [1.807, 2.05) is 26.8 Å². The number of carbonyl (C=O) groups is 2. The smallest absolute Gasteiger partial charge is 0.440 e. The monoisotopic (exact) mass is 662 g/mol. The van der Waals surface area contributed by atoms with Crippen LogP contribution in [-0.2, 0) is 30.8 Å². The van der Waals surface area contributed by atoms with Crippen molar-refractivity contribution < 1.29 is 32.3 Å². The van der Waals surface area contributed by atoms with Crippen molar-refractivity contribution in [1.82, 2.24) is 10.3 Å². The summed E-state index contributed by atoms with van der Waals surface area (Å²) < 4.78 is 35.7. The van der Waals surface area contributed by atoms with Crippen LogP contribution in [0.1, 0.15) is 58.7 Å². The second-order valence-corrected chi connectivity index (χ2v) is 15.0. The topological polar surface area (TPSA) is 136 Å². The average Bonchev–Trinajstić information content (AvgIpc) is 2.99. The molecule has 11 nitrogen and oxygen atoms in total. The lowest BCUT2D eigenvalue weighted by atomic mass is 10.0. The van der Waals surface area contributed by atoms with Crippen molar-refractivity contribution in [1.29, 1.82) is 0 Å². The van der Waals surface area contributed by atoms with Gasteiger partial charge in [-0.25, -0.2) is 18.2 Å². The minimum absolute atomic E-state index is 0.00521. The number of methoxy groups -OCH3 is 1. The highest BCUT2D eigenvalue weighted by atomic mass is 32.2. The number of carbonyl (C=O) groups excluding carboxylic acids is 2. The maximum Gasteiger partial charge on any atom is 0.440 e. The van der Waals surface area contributed by atoms with Crippen molar-refractivity contribution >= 4 is 44.1 Å². The Balaban J connectivity index is 1.69. The summed E-state index contributed by atoms with van der Waals surface area (Å²) in [4.78, 5) is 37.7. The molecule has 0 saturated heterocycles. The Bertz CT molecular complexity index is 1860. The van der Waals surface area contributed by atoms with E-state index in [9.17, 15) is 18.0 Å². The van der Waals surface area contributed by atoms with Crippen LogP contribution >= 0.6 is 0 Å². The van der Waals surface area contributed by atoms with Crippen LogP contribution in [0, 0.1) is 0 Å². The summed E-state index contributed by atoms with van der Waals surface area (Å²) >= 11 is 0. The molecule has 0 aliphatic carbocycles. The molecule has 0 aliphatic rings. The predicted octanol–water partition coefficient (Wildman–Crippen LogP) is 6.59. The number of ether oxygens (including phenoxy) is 2. The van der Waals surface area contributed by atoms with Crippen molar-refractivity contribution in [3.8, 4) is 5.75 Å². The van der Waals surface area contributed by atoms with Gasteiger partial charge in [0.05, 0.1) is 17.6 Å². The van der Waals surface area contributed by atoms with Gasteiger partial charge in [-0.1, -0.05) is 30.3 Å². The average molecular weight is 663 g/mol. The number of anilines is 2. The van der Waals surface area contributed by atoms with Crippen LogP contribution in [0.25, 0.3) is 10.8 Å². The molecule has 250 valence electrons. The molecule has 1 aromatic heterocycles. The Morgan fingerprint density at radius 3 is 2.30 bits per heavy atom. The van der Waals surface area contributed by atoms with E-state index in [1.165, 1.54) is 6.07 Å². The van der Waals surface area contributed by atoms with Gasteiger partial charge >= 0.3 is 6.09 Å². The number of fused-ring (bicyclic) bond motifs is 1. The van der Waals surface area contributed by atoms with Gasteiger partial charge < -0.3 is 20.1 Å². The molecular formula is C35H42N4O7S. The van der Waals surface area contributed by atoms with Gasteiger partial charge in [0.1, 0.15) is 17.4 Å². The molecule has 4 rings (SSSR count). The molecule has 12 heteroatoms. The third-order valence-corrected chi connectivity index (χ3v) is 7.88. The molecule has 4 aromatic rings. The van der Waals surface area contributed by atoms with Crippen molar-refractivity contribution in [2.24, 2.45) is 0 Å². The zero-order valence-corrected chi connectivity index (χ0v) is 28.8. The Hall–Kier alpha value is -4.68. The van der Waals surface area contributed by atoms with Crippen molar-refractivity contribution in [2.45, 2.75) is 70.2 Å². The summed E-state index contributed by atoms with van der Waals surface area (Å²) in [5.41, 5.74) is 0.214. The number of hydrogen-bond donors (Lipinski definition) is 2. The van der Waals surface area contributed by atoms with E-state index in [2.05, 4.69) is 15.6 Å². The van der Waals surface area contributed by atoms with Crippen LogP contribution in [0.15, 0.2) is 83.9 Å². The Kier molecular flexibility index (Phi) is 10.5. The number of aromatic nitrogens is 1. The van der Waals surface area contributed by atoms with Gasteiger partial charge in [-0.2, -0.15) is 0 Å². The number of hydroxylamine groups is 1. The molecule has 1 atom stereocenters. The van der Waals surface area contributed by atoms with Gasteiger partial charge in [0.25, 0.3) is 0 Å². The Morgan fingerprint density at radius 2 is 1.64 bits per heavy atom. The Morgan fingerprint density at radius 1 is 0.915 bits per heavy atom. The highest BCUT2D eigenvalue weighted by Crippen LogP contribution is 2.32. The second-order valence-electron chi connectivity index (χ2n) is 13.0. The normalized spacial score (nSPS) is 12.7. The first-order chi connectivity index (χ1) is 21.9. The molecule has 0 radical (unpaired) electrons. The fourth-order valence-corrected chi connectivity index (χ4v) is 5.68. The van der Waals surface area contributed by atoms with E-state index in [4.69, 9.17) is 14.3 Å². The fraction of sp³-hybridized carbons (Fsp3) is 0.343. The quantitative estimate of drug-likeness (QED) is 0.180. The molecular weight excluding hydrogens is 620 g/mol. The van der Waals surface area contributed by atoms with Gasteiger partial charge in [-0.05, 0) is 101 Å². The van der Waals surface area contributed by atoms with Crippen LogP contribution in [0.2, 0.25) is 0 Å². The van der Waals surface area contributed by atoms with Gasteiger partial charge in [-0.15, -0.1) is 5.06 Å². The SMILES string of the molecule is COc1cccc(C(Nc2ccc3c(N(OC(C)(C)C)C(=O)OC(C)(C)C)nccc3c2)C(=O)NCc2ccccc2S(C)(=O)=O)c1. The van der Waals surface area contributed by atoms with Crippen molar-refractivity contribution in [3.63, 3.8) is 0 Å².